The van der Waals surface area contributed by atoms with Crippen LogP contribution in [0.3, 0.4) is 0 Å². The van der Waals surface area contributed by atoms with E-state index >= 15 is 0 Å². The van der Waals surface area contributed by atoms with Crippen LogP contribution < -0.4 is 5.32 Å². The van der Waals surface area contributed by atoms with Crippen molar-refractivity contribution in [1.29, 1.82) is 0 Å². The van der Waals surface area contributed by atoms with Gasteiger partial charge in [-0.25, -0.2) is 14.2 Å². The molecule has 0 saturated heterocycles. The Hall–Kier alpha value is -2.28. The minimum Gasteiger partial charge on any atom is -0.477 e. The van der Waals surface area contributed by atoms with Gasteiger partial charge in [0.25, 0.3) is 5.91 Å². The first-order chi connectivity index (χ1) is 9.49. The van der Waals surface area contributed by atoms with Crippen LogP contribution in [-0.4, -0.2) is 22.0 Å². The van der Waals surface area contributed by atoms with Gasteiger partial charge in [-0.05, 0) is 40.2 Å². The van der Waals surface area contributed by atoms with Crippen LogP contribution in [-0.2, 0) is 0 Å². The van der Waals surface area contributed by atoms with Gasteiger partial charge in [-0.2, -0.15) is 0 Å². The molecule has 0 aliphatic carbocycles. The highest BCUT2D eigenvalue weighted by molar-refractivity contribution is 9.10. The van der Waals surface area contributed by atoms with Crippen molar-refractivity contribution in [3.8, 4) is 0 Å². The molecule has 0 fully saturated rings. The number of hydrogen-bond acceptors (Lipinski definition) is 3. The number of carbonyl (C=O) groups excluding carboxylic acids is 1. The number of pyridine rings is 1. The Morgan fingerprint density at radius 3 is 2.60 bits per heavy atom. The van der Waals surface area contributed by atoms with Gasteiger partial charge in [0, 0.05) is 0 Å². The molecule has 0 atom stereocenters. The molecule has 0 saturated carbocycles. The average Bonchev–Trinajstić information content (AvgIpc) is 2.42. The number of rotatable bonds is 3. The van der Waals surface area contributed by atoms with E-state index in [1.54, 1.807) is 0 Å². The molecule has 2 rings (SSSR count). The summed E-state index contributed by atoms with van der Waals surface area (Å²) in [7, 11) is 0. The molecule has 0 radical (unpaired) electrons. The molecule has 0 aliphatic rings. The first-order valence-electron chi connectivity index (χ1n) is 5.44. The molecular formula is C13H8BrFN2O3. The second kappa shape index (κ2) is 5.79. The molecule has 2 aromatic rings. The molecule has 1 aromatic carbocycles. The monoisotopic (exact) mass is 338 g/mol. The van der Waals surface area contributed by atoms with Crippen LogP contribution in [0.25, 0.3) is 0 Å². The van der Waals surface area contributed by atoms with Crippen molar-refractivity contribution in [2.24, 2.45) is 0 Å². The van der Waals surface area contributed by atoms with Crippen LogP contribution in [0.2, 0.25) is 0 Å². The van der Waals surface area contributed by atoms with Crippen molar-refractivity contribution in [3.63, 3.8) is 0 Å². The summed E-state index contributed by atoms with van der Waals surface area (Å²) in [4.78, 5) is 26.2. The lowest BCUT2D eigenvalue weighted by Gasteiger charge is -2.06. The molecule has 5 nitrogen and oxygen atoms in total. The number of amides is 1. The average molecular weight is 339 g/mol. The fourth-order valence-electron chi connectivity index (χ4n) is 1.47. The van der Waals surface area contributed by atoms with Gasteiger partial charge >= 0.3 is 5.97 Å². The fraction of sp³-hybridized carbons (Fsp3) is 0. The normalized spacial score (nSPS) is 10.1. The third kappa shape index (κ3) is 3.00. The molecule has 7 heteroatoms. The fourth-order valence-corrected chi connectivity index (χ4v) is 1.84. The minimum atomic E-state index is -1.17. The number of halogens is 2. The minimum absolute atomic E-state index is 0.123. The van der Waals surface area contributed by atoms with Crippen LogP contribution >= 0.6 is 15.9 Å². The van der Waals surface area contributed by atoms with Gasteiger partial charge < -0.3 is 10.4 Å². The molecule has 0 bridgehead atoms. The van der Waals surface area contributed by atoms with E-state index in [-0.39, 0.29) is 21.4 Å². The van der Waals surface area contributed by atoms with E-state index < -0.39 is 17.7 Å². The Balaban J connectivity index is 2.19. The lowest BCUT2D eigenvalue weighted by atomic mass is 10.2. The zero-order valence-electron chi connectivity index (χ0n) is 9.93. The Kier molecular flexibility index (Phi) is 4.09. The van der Waals surface area contributed by atoms with Gasteiger partial charge in [-0.15, -0.1) is 0 Å². The second-order valence-electron chi connectivity index (χ2n) is 3.79. The molecule has 0 aliphatic heterocycles. The Morgan fingerprint density at radius 1 is 1.25 bits per heavy atom. The lowest BCUT2D eigenvalue weighted by molar-refractivity contribution is 0.0690. The van der Waals surface area contributed by atoms with Crippen molar-refractivity contribution in [1.82, 2.24) is 4.98 Å². The molecule has 0 spiro atoms. The summed E-state index contributed by atoms with van der Waals surface area (Å²) < 4.78 is 13.9. The van der Waals surface area contributed by atoms with E-state index in [2.05, 4.69) is 26.2 Å². The van der Waals surface area contributed by atoms with Gasteiger partial charge in [0.1, 0.15) is 11.5 Å². The molecule has 1 amide bonds. The molecule has 1 heterocycles. The maximum absolute atomic E-state index is 13.7. The second-order valence-corrected chi connectivity index (χ2v) is 4.65. The number of anilines is 1. The van der Waals surface area contributed by atoms with E-state index in [1.165, 1.54) is 36.5 Å². The highest BCUT2D eigenvalue weighted by Gasteiger charge is 2.14. The van der Waals surface area contributed by atoms with E-state index in [9.17, 15) is 14.0 Å². The van der Waals surface area contributed by atoms with Gasteiger partial charge in [-0.3, -0.25) is 4.79 Å². The summed E-state index contributed by atoms with van der Waals surface area (Å²) in [6.07, 6.45) is 1.19. The summed E-state index contributed by atoms with van der Waals surface area (Å²) in [6.45, 7) is 0. The highest BCUT2D eigenvalue weighted by atomic mass is 79.9. The molecule has 0 unspecified atom stereocenters. The third-order valence-electron chi connectivity index (χ3n) is 2.44. The smallest absolute Gasteiger partial charge is 0.354 e. The van der Waals surface area contributed by atoms with Crippen molar-refractivity contribution in [3.05, 3.63) is 58.1 Å². The van der Waals surface area contributed by atoms with Crippen molar-refractivity contribution >= 4 is 33.5 Å². The maximum atomic E-state index is 13.7. The quantitative estimate of drug-likeness (QED) is 0.901. The zero-order valence-corrected chi connectivity index (χ0v) is 11.5. The molecule has 1 aromatic heterocycles. The standard InChI is InChI=1S/C13H8BrFN2O3/c14-9-3-1-2-8(11(9)15)12(18)17-7-4-5-10(13(19)20)16-6-7/h1-6H,(H,17,18)(H,19,20). The van der Waals surface area contributed by atoms with Crippen LogP contribution in [0.1, 0.15) is 20.8 Å². The summed E-state index contributed by atoms with van der Waals surface area (Å²) in [5.41, 5.74) is 0.0118. The summed E-state index contributed by atoms with van der Waals surface area (Å²) in [5.74, 6) is -2.48. The highest BCUT2D eigenvalue weighted by Crippen LogP contribution is 2.19. The number of aromatic carboxylic acids is 1. The van der Waals surface area contributed by atoms with E-state index in [0.29, 0.717) is 0 Å². The van der Waals surface area contributed by atoms with Crippen molar-refractivity contribution < 1.29 is 19.1 Å². The first-order valence-corrected chi connectivity index (χ1v) is 6.23. The van der Waals surface area contributed by atoms with Gasteiger partial charge in [-0.1, -0.05) is 6.07 Å². The Labute approximate surface area is 121 Å². The SMILES string of the molecule is O=C(O)c1ccc(NC(=O)c2cccc(Br)c2F)cn1. The largest absolute Gasteiger partial charge is 0.477 e. The number of nitrogens with zero attached hydrogens (tertiary/aromatic N) is 1. The Morgan fingerprint density at radius 2 is 2.00 bits per heavy atom. The number of benzene rings is 1. The van der Waals surface area contributed by atoms with Gasteiger partial charge in [0.15, 0.2) is 0 Å². The molecule has 20 heavy (non-hydrogen) atoms. The number of carbonyl (C=O) groups is 2. The molecular weight excluding hydrogens is 331 g/mol. The number of carboxylic acid groups (broad SMARTS) is 1. The molecule has 102 valence electrons. The van der Waals surface area contributed by atoms with Gasteiger partial charge in [0.05, 0.1) is 21.9 Å². The Bertz CT molecular complexity index is 674. The van der Waals surface area contributed by atoms with Crippen LogP contribution in [0.5, 0.6) is 0 Å². The predicted octanol–water partition coefficient (Wildman–Crippen LogP) is 2.93. The summed E-state index contributed by atoms with van der Waals surface area (Å²) in [5, 5.41) is 11.1. The number of carboxylic acids is 1. The van der Waals surface area contributed by atoms with Crippen LogP contribution in [0.15, 0.2) is 41.0 Å². The lowest BCUT2D eigenvalue weighted by Crippen LogP contribution is -2.14. The number of aromatic nitrogens is 1. The predicted molar refractivity (Wildman–Crippen MR) is 73.2 cm³/mol. The van der Waals surface area contributed by atoms with Crippen LogP contribution in [0.4, 0.5) is 10.1 Å². The number of nitrogens with one attached hydrogen (secondary N) is 1. The van der Waals surface area contributed by atoms with Gasteiger partial charge in [0.2, 0.25) is 0 Å². The topological polar surface area (TPSA) is 79.3 Å². The van der Waals surface area contributed by atoms with E-state index in [0.717, 1.165) is 0 Å². The first kappa shape index (κ1) is 14.1. The van der Waals surface area contributed by atoms with Crippen molar-refractivity contribution in [2.75, 3.05) is 5.32 Å². The third-order valence-corrected chi connectivity index (χ3v) is 3.05. The van der Waals surface area contributed by atoms with E-state index in [1.807, 2.05) is 0 Å². The van der Waals surface area contributed by atoms with Crippen LogP contribution in [0, 0.1) is 5.82 Å². The molecule has 2 N–H and O–H groups in total. The number of hydrogen-bond donors (Lipinski definition) is 2. The summed E-state index contributed by atoms with van der Waals surface area (Å²) >= 11 is 2.99. The van der Waals surface area contributed by atoms with E-state index in [4.69, 9.17) is 5.11 Å². The maximum Gasteiger partial charge on any atom is 0.354 e. The summed E-state index contributed by atoms with van der Waals surface area (Å²) in [6, 6.07) is 6.98. The van der Waals surface area contributed by atoms with Crippen molar-refractivity contribution in [2.45, 2.75) is 0 Å². The zero-order chi connectivity index (χ0) is 14.7.